The summed E-state index contributed by atoms with van der Waals surface area (Å²) in [7, 11) is -4.02. The molecule has 9 heteroatoms. The fourth-order valence-corrected chi connectivity index (χ4v) is 4.15. The molecule has 5 nitrogen and oxygen atoms in total. The number of aryl methyl sites for hydroxylation is 1. The molecule has 0 fully saturated rings. The monoisotopic (exact) mass is 406 g/mol. The molecule has 0 bridgehead atoms. The van der Waals surface area contributed by atoms with Crippen LogP contribution in [0.4, 0.5) is 5.69 Å². The van der Waals surface area contributed by atoms with Crippen molar-refractivity contribution in [3.05, 3.63) is 57.0 Å². The number of carbonyl (C=O) groups is 1. The van der Waals surface area contributed by atoms with Crippen LogP contribution in [0.3, 0.4) is 0 Å². The third kappa shape index (κ3) is 4.62. The highest BCUT2D eigenvalue weighted by Crippen LogP contribution is 2.28. The van der Waals surface area contributed by atoms with E-state index in [1.165, 1.54) is 18.2 Å². The molecule has 0 saturated carbocycles. The van der Waals surface area contributed by atoms with Crippen LogP contribution < -0.4 is 10.0 Å². The molecule has 0 aromatic heterocycles. The van der Waals surface area contributed by atoms with Gasteiger partial charge in [-0.05, 0) is 36.8 Å². The second-order valence-corrected chi connectivity index (χ2v) is 7.81. The number of nitrogens with one attached hydrogen (secondary N) is 2. The molecule has 0 aliphatic rings. The number of hydrogen-bond donors (Lipinski definition) is 2. The second kappa shape index (κ2) is 7.72. The van der Waals surface area contributed by atoms with Gasteiger partial charge in [0.1, 0.15) is 4.90 Å². The van der Waals surface area contributed by atoms with Crippen LogP contribution >= 0.6 is 34.8 Å². The Balaban J connectivity index is 2.06. The summed E-state index contributed by atoms with van der Waals surface area (Å²) in [6.07, 6.45) is 0. The highest BCUT2D eigenvalue weighted by molar-refractivity contribution is 7.89. The SMILES string of the molecule is Cc1ccc(NC(=O)CNS(=O)(=O)c2c(Cl)cccc2Cl)cc1Cl. The average Bonchev–Trinajstić information content (AvgIpc) is 2.49. The van der Waals surface area contributed by atoms with Crippen molar-refractivity contribution >= 4 is 56.4 Å². The molecule has 0 radical (unpaired) electrons. The summed E-state index contributed by atoms with van der Waals surface area (Å²) in [6.45, 7) is 1.35. The Morgan fingerprint density at radius 3 is 2.25 bits per heavy atom. The van der Waals surface area contributed by atoms with Gasteiger partial charge in [-0.15, -0.1) is 0 Å². The summed E-state index contributed by atoms with van der Waals surface area (Å²) in [5.41, 5.74) is 1.33. The van der Waals surface area contributed by atoms with Crippen molar-refractivity contribution in [2.24, 2.45) is 0 Å². The van der Waals surface area contributed by atoms with E-state index in [0.29, 0.717) is 10.7 Å². The Labute approximate surface area is 155 Å². The lowest BCUT2D eigenvalue weighted by molar-refractivity contribution is -0.115. The average molecular weight is 408 g/mol. The van der Waals surface area contributed by atoms with E-state index in [1.807, 2.05) is 6.92 Å². The summed E-state index contributed by atoms with van der Waals surface area (Å²) in [6, 6.07) is 9.31. The van der Waals surface area contributed by atoms with Crippen molar-refractivity contribution in [1.29, 1.82) is 0 Å². The Bertz CT molecular complexity index is 865. The smallest absolute Gasteiger partial charge is 0.244 e. The van der Waals surface area contributed by atoms with Crippen molar-refractivity contribution in [3.8, 4) is 0 Å². The molecule has 0 atom stereocenters. The summed E-state index contributed by atoms with van der Waals surface area (Å²) in [4.78, 5) is 11.6. The Morgan fingerprint density at radius 1 is 1.04 bits per heavy atom. The van der Waals surface area contributed by atoms with Gasteiger partial charge in [0.25, 0.3) is 0 Å². The Kier molecular flexibility index (Phi) is 6.11. The maximum atomic E-state index is 12.2. The number of benzene rings is 2. The highest BCUT2D eigenvalue weighted by atomic mass is 35.5. The minimum absolute atomic E-state index is 0.0271. The Morgan fingerprint density at radius 2 is 1.67 bits per heavy atom. The van der Waals surface area contributed by atoms with Crippen LogP contribution in [-0.2, 0) is 14.8 Å². The van der Waals surface area contributed by atoms with Crippen molar-refractivity contribution in [3.63, 3.8) is 0 Å². The predicted octanol–water partition coefficient (Wildman–Crippen LogP) is 3.87. The molecule has 0 unspecified atom stereocenters. The van der Waals surface area contributed by atoms with E-state index in [0.717, 1.165) is 5.56 Å². The van der Waals surface area contributed by atoms with Crippen LogP contribution in [0.2, 0.25) is 15.1 Å². The van der Waals surface area contributed by atoms with Gasteiger partial charge in [-0.25, -0.2) is 13.1 Å². The molecule has 0 heterocycles. The molecule has 1 amide bonds. The first-order valence-electron chi connectivity index (χ1n) is 6.70. The van der Waals surface area contributed by atoms with Gasteiger partial charge in [0.05, 0.1) is 16.6 Å². The first-order valence-corrected chi connectivity index (χ1v) is 9.32. The maximum absolute atomic E-state index is 12.2. The normalized spacial score (nSPS) is 11.3. The van der Waals surface area contributed by atoms with Crippen LogP contribution in [0.1, 0.15) is 5.56 Å². The zero-order valence-corrected chi connectivity index (χ0v) is 15.5. The van der Waals surface area contributed by atoms with Gasteiger partial charge in [-0.2, -0.15) is 0 Å². The predicted molar refractivity (Wildman–Crippen MR) is 96.5 cm³/mol. The highest BCUT2D eigenvalue weighted by Gasteiger charge is 2.22. The Hall–Kier alpha value is -1.31. The standard InChI is InChI=1S/C15H13Cl3N2O3S/c1-9-5-6-10(7-13(9)18)20-14(21)8-19-24(22,23)15-11(16)3-2-4-12(15)17/h2-7,19H,8H2,1H3,(H,20,21). The number of sulfonamides is 1. The van der Waals surface area contributed by atoms with Gasteiger partial charge in [0.2, 0.25) is 15.9 Å². The molecule has 0 spiro atoms. The summed E-state index contributed by atoms with van der Waals surface area (Å²) in [5, 5.41) is 2.99. The third-order valence-corrected chi connectivity index (χ3v) is 5.83. The van der Waals surface area contributed by atoms with E-state index in [-0.39, 0.29) is 14.9 Å². The number of anilines is 1. The topological polar surface area (TPSA) is 75.3 Å². The first-order chi connectivity index (χ1) is 11.2. The van der Waals surface area contributed by atoms with Gasteiger partial charge in [0, 0.05) is 10.7 Å². The van der Waals surface area contributed by atoms with E-state index in [2.05, 4.69) is 10.0 Å². The molecule has 0 aliphatic carbocycles. The minimum atomic E-state index is -4.02. The summed E-state index contributed by atoms with van der Waals surface area (Å²) in [5.74, 6) is -0.554. The summed E-state index contributed by atoms with van der Waals surface area (Å²) < 4.78 is 26.7. The molecule has 128 valence electrons. The van der Waals surface area contributed by atoms with Crippen LogP contribution in [-0.4, -0.2) is 20.9 Å². The quantitative estimate of drug-likeness (QED) is 0.790. The molecule has 0 aliphatic heterocycles. The largest absolute Gasteiger partial charge is 0.325 e. The van der Waals surface area contributed by atoms with E-state index in [4.69, 9.17) is 34.8 Å². The van der Waals surface area contributed by atoms with Gasteiger partial charge >= 0.3 is 0 Å². The number of hydrogen-bond acceptors (Lipinski definition) is 3. The lowest BCUT2D eigenvalue weighted by atomic mass is 10.2. The fourth-order valence-electron chi connectivity index (χ4n) is 1.85. The lowest BCUT2D eigenvalue weighted by Crippen LogP contribution is -2.33. The molecule has 2 aromatic carbocycles. The third-order valence-electron chi connectivity index (χ3n) is 3.07. The number of carbonyl (C=O) groups excluding carboxylic acids is 1. The maximum Gasteiger partial charge on any atom is 0.244 e. The fraction of sp³-hybridized carbons (Fsp3) is 0.133. The van der Waals surface area contributed by atoms with Crippen molar-refractivity contribution in [1.82, 2.24) is 4.72 Å². The van der Waals surface area contributed by atoms with Gasteiger partial charge < -0.3 is 5.32 Å². The number of amides is 1. The van der Waals surface area contributed by atoms with E-state index < -0.39 is 22.5 Å². The van der Waals surface area contributed by atoms with Crippen LogP contribution in [0.25, 0.3) is 0 Å². The van der Waals surface area contributed by atoms with Crippen LogP contribution in [0.15, 0.2) is 41.3 Å². The van der Waals surface area contributed by atoms with Crippen molar-refractivity contribution < 1.29 is 13.2 Å². The second-order valence-electron chi connectivity index (χ2n) is 4.89. The van der Waals surface area contributed by atoms with E-state index >= 15 is 0 Å². The molecule has 2 rings (SSSR count). The molecular formula is C15H13Cl3N2O3S. The first kappa shape index (κ1) is 19.0. The number of halogens is 3. The lowest BCUT2D eigenvalue weighted by Gasteiger charge is -2.10. The molecule has 2 N–H and O–H groups in total. The zero-order valence-electron chi connectivity index (χ0n) is 12.4. The molecule has 0 saturated heterocycles. The minimum Gasteiger partial charge on any atom is -0.325 e. The van der Waals surface area contributed by atoms with E-state index in [1.54, 1.807) is 18.2 Å². The van der Waals surface area contributed by atoms with Crippen LogP contribution in [0.5, 0.6) is 0 Å². The molecular weight excluding hydrogens is 395 g/mol. The molecule has 24 heavy (non-hydrogen) atoms. The van der Waals surface area contributed by atoms with Crippen molar-refractivity contribution in [2.75, 3.05) is 11.9 Å². The van der Waals surface area contributed by atoms with Gasteiger partial charge in [0.15, 0.2) is 0 Å². The molecule has 2 aromatic rings. The number of rotatable bonds is 5. The summed E-state index contributed by atoms with van der Waals surface area (Å²) >= 11 is 17.7. The van der Waals surface area contributed by atoms with Crippen molar-refractivity contribution in [2.45, 2.75) is 11.8 Å². The van der Waals surface area contributed by atoms with Crippen LogP contribution in [0, 0.1) is 6.92 Å². The zero-order chi connectivity index (χ0) is 17.9. The van der Waals surface area contributed by atoms with E-state index in [9.17, 15) is 13.2 Å². The van der Waals surface area contributed by atoms with Gasteiger partial charge in [-0.3, -0.25) is 4.79 Å². The van der Waals surface area contributed by atoms with Gasteiger partial charge in [-0.1, -0.05) is 46.9 Å².